The molecule has 1 amide bonds. The molecule has 1 aromatic rings. The summed E-state index contributed by atoms with van der Waals surface area (Å²) in [6, 6.07) is 3.43. The van der Waals surface area contributed by atoms with Gasteiger partial charge >= 0.3 is 0 Å². The van der Waals surface area contributed by atoms with E-state index in [1.165, 1.54) is 0 Å². The molecule has 1 rings (SSSR count). The summed E-state index contributed by atoms with van der Waals surface area (Å²) >= 11 is 0. The lowest BCUT2D eigenvalue weighted by Gasteiger charge is -2.09. The Morgan fingerprint density at radius 3 is 2.61 bits per heavy atom. The lowest BCUT2D eigenvalue weighted by atomic mass is 10.3. The van der Waals surface area contributed by atoms with Crippen LogP contribution in [0.2, 0.25) is 0 Å². The van der Waals surface area contributed by atoms with Crippen LogP contribution in [0.1, 0.15) is 23.3 Å². The molecule has 6 heteroatoms. The lowest BCUT2D eigenvalue weighted by Crippen LogP contribution is -2.20. The molecular formula is C12H21N5O. The third-order valence-corrected chi connectivity index (χ3v) is 2.46. The number of hydrogen-bond donors (Lipinski definition) is 2. The topological polar surface area (TPSA) is 70.2 Å². The van der Waals surface area contributed by atoms with Crippen molar-refractivity contribution >= 4 is 11.7 Å². The Morgan fingerprint density at radius 2 is 2.06 bits per heavy atom. The standard InChI is InChI=1S/C12H21N5O/c1-13-12(18)10-6-7-11(16-15-10)14-8-4-5-9-17(2)3/h6-7H,4-5,8-9H2,1-3H3,(H,13,18)(H,14,16). The first-order chi connectivity index (χ1) is 8.63. The molecule has 0 saturated heterocycles. The molecule has 0 spiro atoms. The average Bonchev–Trinajstić information content (AvgIpc) is 2.38. The minimum atomic E-state index is -0.222. The van der Waals surface area contributed by atoms with Gasteiger partial charge in [0.15, 0.2) is 5.69 Å². The van der Waals surface area contributed by atoms with Crippen molar-refractivity contribution in [3.8, 4) is 0 Å². The molecule has 0 unspecified atom stereocenters. The van der Waals surface area contributed by atoms with Crippen LogP contribution in [-0.4, -0.2) is 55.2 Å². The van der Waals surface area contributed by atoms with Crippen molar-refractivity contribution in [3.05, 3.63) is 17.8 Å². The van der Waals surface area contributed by atoms with Crippen LogP contribution in [0.4, 0.5) is 5.82 Å². The molecular weight excluding hydrogens is 230 g/mol. The lowest BCUT2D eigenvalue weighted by molar-refractivity contribution is 0.0957. The molecule has 0 bridgehead atoms. The molecule has 1 aromatic heterocycles. The minimum Gasteiger partial charge on any atom is -0.369 e. The van der Waals surface area contributed by atoms with Gasteiger partial charge in [0.1, 0.15) is 5.82 Å². The summed E-state index contributed by atoms with van der Waals surface area (Å²) in [4.78, 5) is 13.4. The number of aromatic nitrogens is 2. The molecule has 0 aliphatic heterocycles. The first-order valence-corrected chi connectivity index (χ1v) is 6.08. The van der Waals surface area contributed by atoms with E-state index >= 15 is 0 Å². The van der Waals surface area contributed by atoms with Crippen LogP contribution >= 0.6 is 0 Å². The van der Waals surface area contributed by atoms with E-state index in [1.54, 1.807) is 19.2 Å². The van der Waals surface area contributed by atoms with Gasteiger partial charge < -0.3 is 15.5 Å². The maximum atomic E-state index is 11.2. The average molecular weight is 251 g/mol. The minimum absolute atomic E-state index is 0.222. The Bertz CT molecular complexity index is 363. The number of nitrogens with zero attached hydrogens (tertiary/aromatic N) is 3. The van der Waals surface area contributed by atoms with Gasteiger partial charge in [0.05, 0.1) is 0 Å². The predicted molar refractivity (Wildman–Crippen MR) is 71.7 cm³/mol. The zero-order valence-electron chi connectivity index (χ0n) is 11.2. The maximum Gasteiger partial charge on any atom is 0.271 e. The van der Waals surface area contributed by atoms with E-state index in [1.807, 2.05) is 0 Å². The number of carbonyl (C=O) groups is 1. The largest absolute Gasteiger partial charge is 0.369 e. The van der Waals surface area contributed by atoms with Crippen LogP contribution in [0.25, 0.3) is 0 Å². The fourth-order valence-corrected chi connectivity index (χ4v) is 1.45. The van der Waals surface area contributed by atoms with Crippen molar-refractivity contribution in [1.82, 2.24) is 20.4 Å². The summed E-state index contributed by atoms with van der Waals surface area (Å²) in [6.07, 6.45) is 2.22. The van der Waals surface area contributed by atoms with Crippen molar-refractivity contribution in [2.24, 2.45) is 0 Å². The molecule has 18 heavy (non-hydrogen) atoms. The molecule has 6 nitrogen and oxygen atoms in total. The third-order valence-electron chi connectivity index (χ3n) is 2.46. The summed E-state index contributed by atoms with van der Waals surface area (Å²) in [5, 5.41) is 13.5. The SMILES string of the molecule is CNC(=O)c1ccc(NCCCCN(C)C)nn1. The van der Waals surface area contributed by atoms with Crippen molar-refractivity contribution in [2.45, 2.75) is 12.8 Å². The zero-order chi connectivity index (χ0) is 13.4. The number of carbonyl (C=O) groups excluding carboxylic acids is 1. The highest BCUT2D eigenvalue weighted by molar-refractivity contribution is 5.91. The summed E-state index contributed by atoms with van der Waals surface area (Å²) in [5.74, 6) is 0.479. The van der Waals surface area contributed by atoms with E-state index in [2.05, 4.69) is 39.8 Å². The van der Waals surface area contributed by atoms with Gasteiger partial charge in [-0.15, -0.1) is 10.2 Å². The van der Waals surface area contributed by atoms with Crippen LogP contribution in [0.5, 0.6) is 0 Å². The summed E-state index contributed by atoms with van der Waals surface area (Å²) < 4.78 is 0. The Morgan fingerprint density at radius 1 is 1.28 bits per heavy atom. The van der Waals surface area contributed by atoms with Gasteiger partial charge in [0.25, 0.3) is 5.91 Å². The van der Waals surface area contributed by atoms with Gasteiger partial charge in [-0.25, -0.2) is 0 Å². The Labute approximate surface area is 108 Å². The first kappa shape index (κ1) is 14.4. The molecule has 0 saturated carbocycles. The van der Waals surface area contributed by atoms with E-state index < -0.39 is 0 Å². The molecule has 0 aliphatic carbocycles. The second-order valence-electron chi connectivity index (χ2n) is 4.32. The van der Waals surface area contributed by atoms with Crippen LogP contribution in [0.15, 0.2) is 12.1 Å². The van der Waals surface area contributed by atoms with Crippen LogP contribution in [-0.2, 0) is 0 Å². The smallest absolute Gasteiger partial charge is 0.271 e. The van der Waals surface area contributed by atoms with E-state index in [9.17, 15) is 4.79 Å². The molecule has 0 aromatic carbocycles. The molecule has 0 aliphatic rings. The highest BCUT2D eigenvalue weighted by Crippen LogP contribution is 2.02. The molecule has 1 heterocycles. The Hall–Kier alpha value is -1.69. The quantitative estimate of drug-likeness (QED) is 0.694. The Kier molecular flexibility index (Phi) is 6.07. The second-order valence-corrected chi connectivity index (χ2v) is 4.32. The monoisotopic (exact) mass is 251 g/mol. The van der Waals surface area contributed by atoms with Gasteiger partial charge in [-0.1, -0.05) is 0 Å². The van der Waals surface area contributed by atoms with E-state index in [0.717, 1.165) is 25.9 Å². The molecule has 100 valence electrons. The number of unbranched alkanes of at least 4 members (excludes halogenated alkanes) is 1. The highest BCUT2D eigenvalue weighted by atomic mass is 16.1. The number of rotatable bonds is 7. The fraction of sp³-hybridized carbons (Fsp3) is 0.583. The van der Waals surface area contributed by atoms with Gasteiger partial charge in [-0.2, -0.15) is 0 Å². The van der Waals surface area contributed by atoms with Gasteiger partial charge in [-0.3, -0.25) is 4.79 Å². The Balaban J connectivity index is 2.29. The van der Waals surface area contributed by atoms with Crippen molar-refractivity contribution < 1.29 is 4.79 Å². The van der Waals surface area contributed by atoms with E-state index in [4.69, 9.17) is 0 Å². The van der Waals surface area contributed by atoms with Crippen molar-refractivity contribution in [1.29, 1.82) is 0 Å². The summed E-state index contributed by atoms with van der Waals surface area (Å²) in [5.41, 5.74) is 0.329. The first-order valence-electron chi connectivity index (χ1n) is 6.08. The van der Waals surface area contributed by atoms with Gasteiger partial charge in [0.2, 0.25) is 0 Å². The molecule has 2 N–H and O–H groups in total. The number of amides is 1. The molecule has 0 radical (unpaired) electrons. The highest BCUT2D eigenvalue weighted by Gasteiger charge is 2.04. The molecule has 0 atom stereocenters. The summed E-state index contributed by atoms with van der Waals surface area (Å²) in [6.45, 7) is 1.95. The zero-order valence-corrected chi connectivity index (χ0v) is 11.2. The van der Waals surface area contributed by atoms with Crippen LogP contribution < -0.4 is 10.6 Å². The van der Waals surface area contributed by atoms with Crippen molar-refractivity contribution in [2.75, 3.05) is 39.5 Å². The normalized spacial score (nSPS) is 10.4. The predicted octanol–water partition coefficient (Wildman–Crippen LogP) is 0.590. The van der Waals surface area contributed by atoms with Gasteiger partial charge in [0, 0.05) is 13.6 Å². The summed E-state index contributed by atoms with van der Waals surface area (Å²) in [7, 11) is 5.70. The number of nitrogens with one attached hydrogen (secondary N) is 2. The molecule has 0 fully saturated rings. The van der Waals surface area contributed by atoms with Gasteiger partial charge in [-0.05, 0) is 45.6 Å². The fourth-order valence-electron chi connectivity index (χ4n) is 1.45. The number of anilines is 1. The van der Waals surface area contributed by atoms with Crippen LogP contribution in [0, 0.1) is 0 Å². The van der Waals surface area contributed by atoms with Crippen molar-refractivity contribution in [3.63, 3.8) is 0 Å². The van der Waals surface area contributed by atoms with Crippen LogP contribution in [0.3, 0.4) is 0 Å². The number of hydrogen-bond acceptors (Lipinski definition) is 5. The maximum absolute atomic E-state index is 11.2. The van der Waals surface area contributed by atoms with E-state index in [-0.39, 0.29) is 5.91 Å². The second kappa shape index (κ2) is 7.60. The van der Waals surface area contributed by atoms with E-state index in [0.29, 0.717) is 11.5 Å². The third kappa shape index (κ3) is 5.09.